The Balaban J connectivity index is 1.99. The van der Waals surface area contributed by atoms with E-state index < -0.39 is 0 Å². The third-order valence-electron chi connectivity index (χ3n) is 5.24. The van der Waals surface area contributed by atoms with Crippen molar-refractivity contribution in [3.8, 4) is 11.1 Å². The second kappa shape index (κ2) is 5.87. The highest BCUT2D eigenvalue weighted by atomic mass is 16.7. The Morgan fingerprint density at radius 1 is 0.917 bits per heavy atom. The summed E-state index contributed by atoms with van der Waals surface area (Å²) in [6.07, 6.45) is 0.859. The third-order valence-corrected chi connectivity index (χ3v) is 5.24. The van der Waals surface area contributed by atoms with Gasteiger partial charge in [0.2, 0.25) is 0 Å². The standard InChI is InChI=1S/C20H23BO3/c1-14-17(16-11-9-15(13-22)10-12-16)7-6-8-18(14)21-23-19(2,3)20(4,5)24-21/h6-13H,1-5H3. The van der Waals surface area contributed by atoms with Crippen molar-refractivity contribution in [1.29, 1.82) is 0 Å². The number of carbonyl (C=O) groups is 1. The van der Waals surface area contributed by atoms with Gasteiger partial charge in [0.05, 0.1) is 11.2 Å². The molecule has 1 heterocycles. The first-order valence-electron chi connectivity index (χ1n) is 8.26. The van der Waals surface area contributed by atoms with E-state index in [1.807, 2.05) is 30.3 Å². The van der Waals surface area contributed by atoms with Gasteiger partial charge in [-0.1, -0.05) is 42.5 Å². The van der Waals surface area contributed by atoms with Gasteiger partial charge < -0.3 is 9.31 Å². The molecule has 2 aromatic rings. The van der Waals surface area contributed by atoms with E-state index in [1.165, 1.54) is 0 Å². The molecule has 1 aliphatic rings. The summed E-state index contributed by atoms with van der Waals surface area (Å²) in [5.41, 5.74) is 4.35. The molecule has 1 saturated heterocycles. The smallest absolute Gasteiger partial charge is 0.399 e. The first-order valence-corrected chi connectivity index (χ1v) is 8.26. The van der Waals surface area contributed by atoms with Gasteiger partial charge in [-0.3, -0.25) is 4.79 Å². The largest absolute Gasteiger partial charge is 0.495 e. The summed E-state index contributed by atoms with van der Waals surface area (Å²) in [6, 6.07) is 13.8. The summed E-state index contributed by atoms with van der Waals surface area (Å²) in [7, 11) is -0.371. The molecule has 0 unspecified atom stereocenters. The Bertz CT molecular complexity index is 747. The van der Waals surface area contributed by atoms with Crippen molar-refractivity contribution in [1.82, 2.24) is 0 Å². The predicted molar refractivity (Wildman–Crippen MR) is 97.7 cm³/mol. The van der Waals surface area contributed by atoms with Crippen LogP contribution < -0.4 is 5.46 Å². The quantitative estimate of drug-likeness (QED) is 0.637. The fraction of sp³-hybridized carbons (Fsp3) is 0.350. The molecule has 0 N–H and O–H groups in total. The molecule has 3 nitrogen and oxygen atoms in total. The van der Waals surface area contributed by atoms with Crippen LogP contribution in [0.3, 0.4) is 0 Å². The van der Waals surface area contributed by atoms with E-state index >= 15 is 0 Å². The van der Waals surface area contributed by atoms with Gasteiger partial charge >= 0.3 is 7.12 Å². The Morgan fingerprint density at radius 3 is 2.04 bits per heavy atom. The van der Waals surface area contributed by atoms with Crippen molar-refractivity contribution in [2.45, 2.75) is 45.8 Å². The monoisotopic (exact) mass is 322 g/mol. The lowest BCUT2D eigenvalue weighted by atomic mass is 9.74. The Hall–Kier alpha value is -1.91. The Labute approximate surface area is 144 Å². The zero-order valence-electron chi connectivity index (χ0n) is 14.9. The SMILES string of the molecule is Cc1c(B2OC(C)(C)C(C)(C)O2)cccc1-c1ccc(C=O)cc1. The summed E-state index contributed by atoms with van der Waals surface area (Å²) in [5, 5.41) is 0. The van der Waals surface area contributed by atoms with Crippen LogP contribution in [-0.2, 0) is 9.31 Å². The Morgan fingerprint density at radius 2 is 1.50 bits per heavy atom. The molecule has 1 aliphatic heterocycles. The lowest BCUT2D eigenvalue weighted by molar-refractivity contribution is 0.00578. The molecule has 3 rings (SSSR count). The molecule has 124 valence electrons. The molecular weight excluding hydrogens is 299 g/mol. The summed E-state index contributed by atoms with van der Waals surface area (Å²) >= 11 is 0. The highest BCUT2D eigenvalue weighted by Crippen LogP contribution is 2.37. The van der Waals surface area contributed by atoms with Crippen LogP contribution in [0.4, 0.5) is 0 Å². The van der Waals surface area contributed by atoms with Crippen LogP contribution in [0.5, 0.6) is 0 Å². The maximum Gasteiger partial charge on any atom is 0.495 e. The second-order valence-corrected chi connectivity index (χ2v) is 7.35. The van der Waals surface area contributed by atoms with Crippen molar-refractivity contribution in [3.63, 3.8) is 0 Å². The highest BCUT2D eigenvalue weighted by Gasteiger charge is 2.52. The third kappa shape index (κ3) is 2.81. The van der Waals surface area contributed by atoms with Gasteiger partial charge in [-0.25, -0.2) is 0 Å². The highest BCUT2D eigenvalue weighted by molar-refractivity contribution is 6.62. The van der Waals surface area contributed by atoms with Gasteiger partial charge in [-0.15, -0.1) is 0 Å². The minimum Gasteiger partial charge on any atom is -0.399 e. The molecule has 4 heteroatoms. The zero-order chi connectivity index (χ0) is 17.5. The van der Waals surface area contributed by atoms with Crippen LogP contribution in [0.15, 0.2) is 42.5 Å². The normalized spacial score (nSPS) is 18.6. The number of carbonyl (C=O) groups excluding carboxylic acids is 1. The van der Waals surface area contributed by atoms with Crippen LogP contribution in [0.2, 0.25) is 0 Å². The zero-order valence-corrected chi connectivity index (χ0v) is 14.9. The van der Waals surface area contributed by atoms with E-state index in [1.54, 1.807) is 0 Å². The number of aldehydes is 1. The van der Waals surface area contributed by atoms with Gasteiger partial charge in [0, 0.05) is 5.56 Å². The molecule has 0 amide bonds. The lowest BCUT2D eigenvalue weighted by Gasteiger charge is -2.32. The van der Waals surface area contributed by atoms with Crippen molar-refractivity contribution >= 4 is 18.9 Å². The molecule has 1 fully saturated rings. The van der Waals surface area contributed by atoms with E-state index in [2.05, 4.69) is 46.8 Å². The average molecular weight is 322 g/mol. The topological polar surface area (TPSA) is 35.5 Å². The molecule has 24 heavy (non-hydrogen) atoms. The summed E-state index contributed by atoms with van der Waals surface area (Å²) in [4.78, 5) is 10.8. The average Bonchev–Trinajstić information content (AvgIpc) is 2.75. The van der Waals surface area contributed by atoms with E-state index in [-0.39, 0.29) is 18.3 Å². The van der Waals surface area contributed by atoms with Crippen LogP contribution in [0, 0.1) is 6.92 Å². The minimum atomic E-state index is -0.371. The molecule has 0 spiro atoms. The molecule has 0 saturated carbocycles. The summed E-state index contributed by atoms with van der Waals surface area (Å²) in [5.74, 6) is 0. The van der Waals surface area contributed by atoms with E-state index in [0.717, 1.165) is 28.4 Å². The lowest BCUT2D eigenvalue weighted by Crippen LogP contribution is -2.41. The number of benzene rings is 2. The molecule has 0 aromatic heterocycles. The van der Waals surface area contributed by atoms with Crippen molar-refractivity contribution in [3.05, 3.63) is 53.6 Å². The maximum atomic E-state index is 10.8. The second-order valence-electron chi connectivity index (χ2n) is 7.35. The predicted octanol–water partition coefficient (Wildman–Crippen LogP) is 3.77. The molecule has 0 bridgehead atoms. The van der Waals surface area contributed by atoms with Crippen molar-refractivity contribution < 1.29 is 14.1 Å². The minimum absolute atomic E-state index is 0.355. The van der Waals surface area contributed by atoms with Crippen LogP contribution in [0.25, 0.3) is 11.1 Å². The summed E-state index contributed by atoms with van der Waals surface area (Å²) < 4.78 is 12.4. The van der Waals surface area contributed by atoms with Gasteiger partial charge in [0.1, 0.15) is 6.29 Å². The Kier molecular flexibility index (Phi) is 4.14. The number of rotatable bonds is 3. The molecule has 0 aliphatic carbocycles. The van der Waals surface area contributed by atoms with E-state index in [4.69, 9.17) is 9.31 Å². The molecule has 0 atom stereocenters. The molecule has 2 aromatic carbocycles. The maximum absolute atomic E-state index is 10.8. The first kappa shape index (κ1) is 16.9. The number of hydrogen-bond acceptors (Lipinski definition) is 3. The number of hydrogen-bond donors (Lipinski definition) is 0. The first-order chi connectivity index (χ1) is 11.2. The van der Waals surface area contributed by atoms with Gasteiger partial charge in [0.25, 0.3) is 0 Å². The van der Waals surface area contributed by atoms with Crippen LogP contribution in [0.1, 0.15) is 43.6 Å². The summed E-state index contributed by atoms with van der Waals surface area (Å²) in [6.45, 7) is 10.3. The van der Waals surface area contributed by atoms with Gasteiger partial charge in [-0.2, -0.15) is 0 Å². The van der Waals surface area contributed by atoms with E-state index in [0.29, 0.717) is 5.56 Å². The van der Waals surface area contributed by atoms with Gasteiger partial charge in [-0.05, 0) is 56.8 Å². The van der Waals surface area contributed by atoms with Crippen molar-refractivity contribution in [2.75, 3.05) is 0 Å². The van der Waals surface area contributed by atoms with Gasteiger partial charge in [0.15, 0.2) is 0 Å². The van der Waals surface area contributed by atoms with Crippen LogP contribution >= 0.6 is 0 Å². The van der Waals surface area contributed by atoms with E-state index in [9.17, 15) is 4.79 Å². The fourth-order valence-corrected chi connectivity index (χ4v) is 2.93. The van der Waals surface area contributed by atoms with Crippen LogP contribution in [-0.4, -0.2) is 24.6 Å². The fourth-order valence-electron chi connectivity index (χ4n) is 2.93. The molecule has 0 radical (unpaired) electrons. The van der Waals surface area contributed by atoms with Crippen molar-refractivity contribution in [2.24, 2.45) is 0 Å². The molecular formula is C20H23BO3.